The van der Waals surface area contributed by atoms with Crippen molar-refractivity contribution in [2.24, 2.45) is 5.92 Å². The molecule has 158 valence electrons. The molecule has 0 saturated heterocycles. The van der Waals surface area contributed by atoms with Gasteiger partial charge in [-0.15, -0.1) is 0 Å². The summed E-state index contributed by atoms with van der Waals surface area (Å²) in [4.78, 5) is 19.9. The molecule has 0 spiro atoms. The summed E-state index contributed by atoms with van der Waals surface area (Å²) in [6.45, 7) is 0.413. The number of hydrazine groups is 1. The molecule has 9 heteroatoms. The minimum absolute atomic E-state index is 0.0683. The zero-order valence-electron chi connectivity index (χ0n) is 17.0. The zero-order chi connectivity index (χ0) is 20.9. The number of carbonyl (C=O) groups is 1. The summed E-state index contributed by atoms with van der Waals surface area (Å²) in [5.41, 5.74) is 6.63. The van der Waals surface area contributed by atoms with Crippen LogP contribution < -0.4 is 10.7 Å². The molecule has 2 heterocycles. The number of rotatable bonds is 9. The van der Waals surface area contributed by atoms with Crippen LogP contribution in [0.4, 0.5) is 5.82 Å². The van der Waals surface area contributed by atoms with Gasteiger partial charge in [-0.3, -0.25) is 8.98 Å². The van der Waals surface area contributed by atoms with Crippen LogP contribution in [0.25, 0.3) is 16.6 Å². The summed E-state index contributed by atoms with van der Waals surface area (Å²) in [6.07, 6.45) is 9.32. The third kappa shape index (κ3) is 5.21. The van der Waals surface area contributed by atoms with E-state index in [1.165, 1.54) is 17.8 Å². The van der Waals surface area contributed by atoms with Gasteiger partial charge >= 0.3 is 0 Å². The number of anilines is 1. The summed E-state index contributed by atoms with van der Waals surface area (Å²) >= 11 is 1.22. The SMILES string of the molecule is CN(NC1CC=C(c2cc(NC(=O)C3CC3)nc3[nH]ccc23)CC1)SOCCC#N. The Hall–Kier alpha value is -2.38. The van der Waals surface area contributed by atoms with E-state index >= 15 is 0 Å². The molecule has 2 aromatic rings. The van der Waals surface area contributed by atoms with E-state index in [-0.39, 0.29) is 11.8 Å². The van der Waals surface area contributed by atoms with E-state index in [0.717, 1.165) is 48.7 Å². The van der Waals surface area contributed by atoms with Crippen LogP contribution >= 0.6 is 12.2 Å². The van der Waals surface area contributed by atoms with Gasteiger partial charge in [0.15, 0.2) is 0 Å². The number of carbonyl (C=O) groups excluding carboxylic acids is 1. The van der Waals surface area contributed by atoms with Crippen molar-refractivity contribution in [1.82, 2.24) is 19.8 Å². The van der Waals surface area contributed by atoms with Gasteiger partial charge in [0.1, 0.15) is 11.5 Å². The van der Waals surface area contributed by atoms with Crippen molar-refractivity contribution < 1.29 is 8.98 Å². The van der Waals surface area contributed by atoms with Crippen LogP contribution in [0.2, 0.25) is 0 Å². The summed E-state index contributed by atoms with van der Waals surface area (Å²) < 4.78 is 7.22. The van der Waals surface area contributed by atoms with E-state index in [0.29, 0.717) is 24.9 Å². The Morgan fingerprint density at radius 3 is 3.07 bits per heavy atom. The second-order valence-electron chi connectivity index (χ2n) is 7.69. The number of pyridine rings is 1. The van der Waals surface area contributed by atoms with Gasteiger partial charge in [-0.1, -0.05) is 6.08 Å². The molecule has 3 N–H and O–H groups in total. The molecule has 1 saturated carbocycles. The fourth-order valence-electron chi connectivity index (χ4n) is 3.62. The molecule has 0 aliphatic heterocycles. The highest BCUT2D eigenvalue weighted by atomic mass is 32.2. The first-order valence-corrected chi connectivity index (χ1v) is 11.0. The van der Waals surface area contributed by atoms with E-state index in [4.69, 9.17) is 9.44 Å². The number of hydrogen-bond donors (Lipinski definition) is 3. The Labute approximate surface area is 180 Å². The van der Waals surface area contributed by atoms with Crippen molar-refractivity contribution in [3.05, 3.63) is 30.0 Å². The number of aromatic amines is 1. The monoisotopic (exact) mass is 426 g/mol. The molecule has 1 amide bonds. The quantitative estimate of drug-likeness (QED) is 0.242. The summed E-state index contributed by atoms with van der Waals surface area (Å²) in [7, 11) is 1.91. The molecule has 0 bridgehead atoms. The van der Waals surface area contributed by atoms with Gasteiger partial charge in [-0.25, -0.2) is 10.4 Å². The molecule has 2 aromatic heterocycles. The first kappa shape index (κ1) is 20.9. The fraction of sp³-hybridized carbons (Fsp3) is 0.476. The van der Waals surface area contributed by atoms with Crippen LogP contribution in [0.15, 0.2) is 24.4 Å². The molecule has 2 aliphatic rings. The third-order valence-electron chi connectivity index (χ3n) is 5.31. The van der Waals surface area contributed by atoms with Crippen molar-refractivity contribution in [2.45, 2.75) is 44.6 Å². The number of fused-ring (bicyclic) bond motifs is 1. The molecule has 0 aromatic carbocycles. The van der Waals surface area contributed by atoms with Crippen molar-refractivity contribution in [1.29, 1.82) is 5.26 Å². The van der Waals surface area contributed by atoms with E-state index in [1.807, 2.05) is 29.8 Å². The first-order valence-electron chi connectivity index (χ1n) is 10.3. The maximum absolute atomic E-state index is 12.2. The molecule has 2 aliphatic carbocycles. The number of nitrogens with one attached hydrogen (secondary N) is 3. The molecule has 1 fully saturated rings. The average Bonchev–Trinajstić information content (AvgIpc) is 3.49. The molecule has 30 heavy (non-hydrogen) atoms. The highest BCUT2D eigenvalue weighted by molar-refractivity contribution is 7.92. The van der Waals surface area contributed by atoms with E-state index in [2.05, 4.69) is 32.9 Å². The van der Waals surface area contributed by atoms with Gasteiger partial charge in [-0.05, 0) is 55.4 Å². The molecular formula is C21H26N6O2S. The lowest BCUT2D eigenvalue weighted by atomic mass is 9.90. The molecule has 1 unspecified atom stereocenters. The number of hydrogen-bond acceptors (Lipinski definition) is 7. The second-order valence-corrected chi connectivity index (χ2v) is 8.62. The van der Waals surface area contributed by atoms with Crippen LogP contribution in [-0.2, 0) is 8.98 Å². The van der Waals surface area contributed by atoms with Crippen LogP contribution in [0.3, 0.4) is 0 Å². The van der Waals surface area contributed by atoms with E-state index in [9.17, 15) is 4.79 Å². The second kappa shape index (κ2) is 9.62. The molecule has 8 nitrogen and oxygen atoms in total. The number of nitrogens with zero attached hydrogens (tertiary/aromatic N) is 3. The van der Waals surface area contributed by atoms with Crippen LogP contribution in [-0.4, -0.2) is 40.0 Å². The maximum atomic E-state index is 12.2. The summed E-state index contributed by atoms with van der Waals surface area (Å²) in [6, 6.07) is 6.43. The lowest BCUT2D eigenvalue weighted by Crippen LogP contribution is -2.39. The standard InChI is InChI=1S/C21H26N6O2S/c1-27(30-29-12-2-10-22)26-16-7-5-14(6-8-16)18-13-19(25-21(28)15-3-4-15)24-20-17(18)9-11-23-20/h5,9,11,13,15-16,26H,2-4,6-8,12H2,1H3,(H2,23,24,25,28). The number of amides is 1. The minimum Gasteiger partial charge on any atom is -0.346 e. The number of allylic oxidation sites excluding steroid dienone is 1. The van der Waals surface area contributed by atoms with Crippen molar-refractivity contribution in [3.63, 3.8) is 0 Å². The van der Waals surface area contributed by atoms with Crippen LogP contribution in [0.1, 0.15) is 44.1 Å². The fourth-order valence-corrected chi connectivity index (χ4v) is 4.13. The number of H-pyrrole nitrogens is 1. The van der Waals surface area contributed by atoms with Gasteiger partial charge in [0.2, 0.25) is 5.91 Å². The Balaban J connectivity index is 1.41. The lowest BCUT2D eigenvalue weighted by molar-refractivity contribution is -0.117. The molecule has 1 atom stereocenters. The average molecular weight is 427 g/mol. The highest BCUT2D eigenvalue weighted by Gasteiger charge is 2.30. The molecular weight excluding hydrogens is 400 g/mol. The summed E-state index contributed by atoms with van der Waals surface area (Å²) in [5, 5.41) is 12.6. The topological polar surface area (TPSA) is 106 Å². The van der Waals surface area contributed by atoms with Crippen molar-refractivity contribution in [2.75, 3.05) is 19.0 Å². The molecule has 4 rings (SSSR count). The smallest absolute Gasteiger partial charge is 0.228 e. The Morgan fingerprint density at radius 1 is 1.47 bits per heavy atom. The Kier molecular flexibility index (Phi) is 6.69. The lowest BCUT2D eigenvalue weighted by Gasteiger charge is -2.27. The normalized spacial score (nSPS) is 19.0. The predicted octanol–water partition coefficient (Wildman–Crippen LogP) is 3.78. The van der Waals surface area contributed by atoms with Gasteiger partial charge in [0.05, 0.1) is 31.3 Å². The highest BCUT2D eigenvalue weighted by Crippen LogP contribution is 2.34. The van der Waals surface area contributed by atoms with Gasteiger partial charge in [0.25, 0.3) is 0 Å². The first-order chi connectivity index (χ1) is 14.6. The zero-order valence-corrected chi connectivity index (χ0v) is 17.8. The largest absolute Gasteiger partial charge is 0.346 e. The van der Waals surface area contributed by atoms with E-state index in [1.54, 1.807) is 0 Å². The minimum atomic E-state index is 0.0683. The van der Waals surface area contributed by atoms with Crippen molar-refractivity contribution in [3.8, 4) is 6.07 Å². The summed E-state index contributed by atoms with van der Waals surface area (Å²) in [5.74, 6) is 0.830. The van der Waals surface area contributed by atoms with Crippen molar-refractivity contribution >= 4 is 40.6 Å². The van der Waals surface area contributed by atoms with Crippen LogP contribution in [0, 0.1) is 17.2 Å². The van der Waals surface area contributed by atoms with Gasteiger partial charge in [-0.2, -0.15) is 9.68 Å². The van der Waals surface area contributed by atoms with Gasteiger partial charge < -0.3 is 10.3 Å². The Morgan fingerprint density at radius 2 is 2.33 bits per heavy atom. The van der Waals surface area contributed by atoms with E-state index < -0.39 is 0 Å². The molecule has 0 radical (unpaired) electrons. The predicted molar refractivity (Wildman–Crippen MR) is 118 cm³/mol. The van der Waals surface area contributed by atoms with Gasteiger partial charge in [0, 0.05) is 30.6 Å². The third-order valence-corrected chi connectivity index (χ3v) is 5.91. The number of nitriles is 1. The van der Waals surface area contributed by atoms with Crippen LogP contribution in [0.5, 0.6) is 0 Å². The maximum Gasteiger partial charge on any atom is 0.228 e. The number of aromatic nitrogens is 2. The Bertz CT molecular complexity index is 978.